The highest BCUT2D eigenvalue weighted by atomic mass is 32.2. The highest BCUT2D eigenvalue weighted by Gasteiger charge is 2.31. The molecule has 1 aromatic carbocycles. The van der Waals surface area contributed by atoms with E-state index in [1.807, 2.05) is 0 Å². The number of hydrogen-bond donors (Lipinski definition) is 2. The Kier molecular flexibility index (Phi) is 7.34. The lowest BCUT2D eigenvalue weighted by Gasteiger charge is -2.15. The predicted molar refractivity (Wildman–Crippen MR) is 94.9 cm³/mol. The third kappa shape index (κ3) is 7.57. The monoisotopic (exact) mass is 445 g/mol. The number of sulfonamides is 1. The summed E-state index contributed by atoms with van der Waals surface area (Å²) in [5.74, 6) is -1.10. The summed E-state index contributed by atoms with van der Waals surface area (Å²) < 4.78 is 90.6. The van der Waals surface area contributed by atoms with E-state index in [9.17, 15) is 35.1 Å². The minimum atomic E-state index is -4.90. The molecule has 1 aliphatic rings. The van der Waals surface area contributed by atoms with Crippen molar-refractivity contribution in [2.75, 3.05) is 18.1 Å². The number of sulfone groups is 1. The van der Waals surface area contributed by atoms with E-state index >= 15 is 0 Å². The van der Waals surface area contributed by atoms with Crippen LogP contribution >= 0.6 is 0 Å². The van der Waals surface area contributed by atoms with Crippen LogP contribution in [0.5, 0.6) is 5.75 Å². The van der Waals surface area contributed by atoms with E-state index in [1.165, 1.54) is 0 Å². The van der Waals surface area contributed by atoms with Crippen molar-refractivity contribution in [2.45, 2.75) is 43.0 Å². The second-order valence-electron chi connectivity index (χ2n) is 6.75. The molecule has 2 N–H and O–H groups in total. The Hall–Kier alpha value is -1.37. The number of hydrogen-bond acceptors (Lipinski definition) is 6. The van der Waals surface area contributed by atoms with Crippen LogP contribution in [-0.4, -0.2) is 52.5 Å². The van der Waals surface area contributed by atoms with Crippen LogP contribution in [0.25, 0.3) is 0 Å². The zero-order valence-electron chi connectivity index (χ0n) is 14.9. The number of aliphatic hydroxyl groups excluding tert-OH is 1. The first-order valence-corrected chi connectivity index (χ1v) is 11.9. The van der Waals surface area contributed by atoms with E-state index in [2.05, 4.69) is 9.46 Å². The van der Waals surface area contributed by atoms with Crippen LogP contribution in [-0.2, 0) is 19.9 Å². The van der Waals surface area contributed by atoms with Gasteiger partial charge >= 0.3 is 6.36 Å². The molecule has 12 heteroatoms. The van der Waals surface area contributed by atoms with Crippen molar-refractivity contribution in [3.05, 3.63) is 24.3 Å². The first-order chi connectivity index (χ1) is 12.9. The summed E-state index contributed by atoms with van der Waals surface area (Å²) in [4.78, 5) is -0.344. The van der Waals surface area contributed by atoms with Crippen molar-refractivity contribution in [1.29, 1.82) is 0 Å². The molecule has 1 atom stereocenters. The number of halogens is 3. The Bertz CT molecular complexity index is 847. The molecule has 0 amide bonds. The smallest absolute Gasteiger partial charge is 0.406 e. The molecule has 7 nitrogen and oxygen atoms in total. The summed E-state index contributed by atoms with van der Waals surface area (Å²) in [5.41, 5.74) is 0. The van der Waals surface area contributed by atoms with Crippen LogP contribution in [0.4, 0.5) is 13.2 Å². The second-order valence-corrected chi connectivity index (χ2v) is 10.7. The molecule has 1 aromatic rings. The van der Waals surface area contributed by atoms with Gasteiger partial charge in [-0.1, -0.05) is 12.8 Å². The van der Waals surface area contributed by atoms with E-state index < -0.39 is 50.4 Å². The summed E-state index contributed by atoms with van der Waals surface area (Å²) in [7, 11) is -7.66. The molecule has 1 aliphatic carbocycles. The number of benzene rings is 1. The van der Waals surface area contributed by atoms with Gasteiger partial charge in [-0.05, 0) is 43.0 Å². The fourth-order valence-electron chi connectivity index (χ4n) is 3.07. The summed E-state index contributed by atoms with van der Waals surface area (Å²) in [6, 6.07) is 3.49. The second kappa shape index (κ2) is 8.97. The molecule has 28 heavy (non-hydrogen) atoms. The van der Waals surface area contributed by atoms with Gasteiger partial charge in [-0.15, -0.1) is 13.2 Å². The van der Waals surface area contributed by atoms with E-state index in [4.69, 9.17) is 0 Å². The average Bonchev–Trinajstić information content (AvgIpc) is 3.03. The Balaban J connectivity index is 1.89. The van der Waals surface area contributed by atoms with E-state index in [-0.39, 0.29) is 16.6 Å². The van der Waals surface area contributed by atoms with Gasteiger partial charge in [0.2, 0.25) is 10.0 Å². The maximum Gasteiger partial charge on any atom is 0.573 e. The van der Waals surface area contributed by atoms with E-state index in [1.54, 1.807) is 0 Å². The minimum absolute atomic E-state index is 0.0303. The van der Waals surface area contributed by atoms with Crippen LogP contribution in [0.3, 0.4) is 0 Å². The predicted octanol–water partition coefficient (Wildman–Crippen LogP) is 1.83. The van der Waals surface area contributed by atoms with Gasteiger partial charge in [0.1, 0.15) is 5.75 Å². The molecule has 1 saturated carbocycles. The first-order valence-electron chi connectivity index (χ1n) is 8.60. The number of nitrogens with one attached hydrogen (secondary N) is 1. The molecule has 1 fully saturated rings. The Morgan fingerprint density at radius 1 is 1.11 bits per heavy atom. The number of rotatable bonds is 9. The lowest BCUT2D eigenvalue weighted by Crippen LogP contribution is -2.37. The van der Waals surface area contributed by atoms with Crippen molar-refractivity contribution in [3.8, 4) is 5.75 Å². The SMILES string of the molecule is O=S(=O)(CC(O)CNS(=O)(=O)c1ccc(OC(F)(F)F)cc1)CC1CCCC1. The fraction of sp³-hybridized carbons (Fsp3) is 0.625. The van der Waals surface area contributed by atoms with Crippen LogP contribution in [0.15, 0.2) is 29.2 Å². The van der Waals surface area contributed by atoms with Gasteiger partial charge in [-0.25, -0.2) is 21.6 Å². The molecular weight excluding hydrogens is 423 g/mol. The maximum atomic E-state index is 12.1. The summed E-state index contributed by atoms with van der Waals surface area (Å²) >= 11 is 0. The largest absolute Gasteiger partial charge is 0.573 e. The molecule has 0 saturated heterocycles. The average molecular weight is 445 g/mol. The standard InChI is InChI=1S/C16H22F3NO6S2/c17-16(18,19)26-14-5-7-15(8-6-14)28(24,25)20-9-13(21)11-27(22,23)10-12-3-1-2-4-12/h5-8,12-13,20-21H,1-4,9-11H2. The third-order valence-corrected chi connectivity index (χ3v) is 7.60. The fourth-order valence-corrected chi connectivity index (χ4v) is 6.03. The zero-order valence-corrected chi connectivity index (χ0v) is 16.5. The lowest BCUT2D eigenvalue weighted by atomic mass is 10.1. The molecule has 0 spiro atoms. The van der Waals surface area contributed by atoms with Crippen LogP contribution in [0.2, 0.25) is 0 Å². The summed E-state index contributed by atoms with van der Waals surface area (Å²) in [6.45, 7) is -0.535. The van der Waals surface area contributed by atoms with E-state index in [0.717, 1.165) is 49.9 Å². The highest BCUT2D eigenvalue weighted by molar-refractivity contribution is 7.91. The van der Waals surface area contributed by atoms with Crippen molar-refractivity contribution in [1.82, 2.24) is 4.72 Å². The Labute approximate surface area is 161 Å². The van der Waals surface area contributed by atoms with Crippen LogP contribution in [0, 0.1) is 5.92 Å². The molecule has 0 aromatic heterocycles. The number of aliphatic hydroxyl groups is 1. The zero-order chi connectivity index (χ0) is 21.0. The number of alkyl halides is 3. The van der Waals surface area contributed by atoms with Gasteiger partial charge in [0, 0.05) is 6.54 Å². The molecular formula is C16H22F3NO6S2. The Morgan fingerprint density at radius 3 is 2.21 bits per heavy atom. The van der Waals surface area contributed by atoms with Gasteiger partial charge in [-0.3, -0.25) is 0 Å². The maximum absolute atomic E-state index is 12.1. The lowest BCUT2D eigenvalue weighted by molar-refractivity contribution is -0.274. The highest BCUT2D eigenvalue weighted by Crippen LogP contribution is 2.26. The molecule has 160 valence electrons. The quantitative estimate of drug-likeness (QED) is 0.600. The van der Waals surface area contributed by atoms with Crippen molar-refractivity contribution in [2.24, 2.45) is 5.92 Å². The van der Waals surface area contributed by atoms with Crippen molar-refractivity contribution >= 4 is 19.9 Å². The third-order valence-electron chi connectivity index (χ3n) is 4.29. The number of ether oxygens (including phenoxy) is 1. The van der Waals surface area contributed by atoms with Gasteiger partial charge in [0.15, 0.2) is 9.84 Å². The van der Waals surface area contributed by atoms with Gasteiger partial charge in [-0.2, -0.15) is 0 Å². The summed E-state index contributed by atoms with van der Waals surface area (Å²) in [6.07, 6.45) is -2.71. The van der Waals surface area contributed by atoms with Gasteiger partial charge in [0.25, 0.3) is 0 Å². The Morgan fingerprint density at radius 2 is 1.68 bits per heavy atom. The van der Waals surface area contributed by atoms with Gasteiger partial charge in [0.05, 0.1) is 22.5 Å². The molecule has 2 rings (SSSR count). The van der Waals surface area contributed by atoms with Crippen molar-refractivity contribution < 1.29 is 39.9 Å². The minimum Gasteiger partial charge on any atom is -0.406 e. The van der Waals surface area contributed by atoms with Crippen molar-refractivity contribution in [3.63, 3.8) is 0 Å². The normalized spacial score (nSPS) is 17.6. The summed E-state index contributed by atoms with van der Waals surface area (Å²) in [5, 5.41) is 9.89. The topological polar surface area (TPSA) is 110 Å². The van der Waals surface area contributed by atoms with E-state index in [0.29, 0.717) is 0 Å². The van der Waals surface area contributed by atoms with Crippen LogP contribution in [0.1, 0.15) is 25.7 Å². The molecule has 0 bridgehead atoms. The molecule has 0 aliphatic heterocycles. The first kappa shape index (κ1) is 22.9. The molecule has 0 heterocycles. The molecule has 1 unspecified atom stereocenters. The van der Waals surface area contributed by atoms with Gasteiger partial charge < -0.3 is 9.84 Å². The van der Waals surface area contributed by atoms with Crippen LogP contribution < -0.4 is 9.46 Å². The molecule has 0 radical (unpaired) electrons.